The predicted molar refractivity (Wildman–Crippen MR) is 92.4 cm³/mol. The maximum atomic E-state index is 12.0. The smallest absolute Gasteiger partial charge is 0.327 e. The van der Waals surface area contributed by atoms with Gasteiger partial charge in [0.05, 0.1) is 25.4 Å². The van der Waals surface area contributed by atoms with Crippen molar-refractivity contribution in [2.24, 2.45) is 11.5 Å². The van der Waals surface area contributed by atoms with Crippen molar-refractivity contribution in [2.45, 2.75) is 31.0 Å². The number of hydrogen-bond acceptors (Lipinski definition) is 8. The van der Waals surface area contributed by atoms with Crippen LogP contribution in [0.15, 0.2) is 0 Å². The van der Waals surface area contributed by atoms with Crippen molar-refractivity contribution in [3.05, 3.63) is 0 Å². The first-order valence-electron chi connectivity index (χ1n) is 7.44. The second-order valence-corrected chi connectivity index (χ2v) is 5.66. The van der Waals surface area contributed by atoms with E-state index in [1.165, 1.54) is 0 Å². The third kappa shape index (κ3) is 10.0. The number of primary amides is 1. The lowest BCUT2D eigenvalue weighted by atomic mass is 10.1. The van der Waals surface area contributed by atoms with E-state index in [9.17, 15) is 28.8 Å². The molecule has 9 N–H and O–H groups in total. The van der Waals surface area contributed by atoms with Gasteiger partial charge in [-0.15, -0.1) is 0 Å². The average molecular weight is 407 g/mol. The molecule has 0 aliphatic carbocycles. The summed E-state index contributed by atoms with van der Waals surface area (Å²) in [5, 5.41) is 23.9. The zero-order chi connectivity index (χ0) is 21.1. The van der Waals surface area contributed by atoms with Gasteiger partial charge in [-0.25, -0.2) is 4.79 Å². The lowest BCUT2D eigenvalue weighted by molar-refractivity contribution is -0.143. The van der Waals surface area contributed by atoms with Gasteiger partial charge in [0.15, 0.2) is 0 Å². The van der Waals surface area contributed by atoms with E-state index in [1.807, 2.05) is 5.32 Å². The van der Waals surface area contributed by atoms with Gasteiger partial charge < -0.3 is 37.6 Å². The maximum Gasteiger partial charge on any atom is 0.327 e. The minimum atomic E-state index is -1.59. The van der Waals surface area contributed by atoms with Gasteiger partial charge in [0, 0.05) is 5.75 Å². The van der Waals surface area contributed by atoms with Crippen molar-refractivity contribution in [3.8, 4) is 0 Å². The van der Waals surface area contributed by atoms with Crippen LogP contribution < -0.4 is 27.4 Å². The summed E-state index contributed by atoms with van der Waals surface area (Å²) in [4.78, 5) is 67.8. The summed E-state index contributed by atoms with van der Waals surface area (Å²) in [5.41, 5.74) is 10.2. The minimum absolute atomic E-state index is 0.261. The molecular formula is C13H21N5O8S. The van der Waals surface area contributed by atoms with Gasteiger partial charge in [0.25, 0.3) is 0 Å². The first-order chi connectivity index (χ1) is 12.5. The molecule has 152 valence electrons. The molecule has 0 heterocycles. The van der Waals surface area contributed by atoms with E-state index < -0.39 is 73.1 Å². The second-order valence-electron chi connectivity index (χ2n) is 5.29. The Morgan fingerprint density at radius 3 is 1.96 bits per heavy atom. The van der Waals surface area contributed by atoms with Gasteiger partial charge in [-0.2, -0.15) is 12.6 Å². The third-order valence-corrected chi connectivity index (χ3v) is 3.37. The van der Waals surface area contributed by atoms with Gasteiger partial charge in [-0.3, -0.25) is 24.0 Å². The van der Waals surface area contributed by atoms with E-state index in [2.05, 4.69) is 23.3 Å². The Balaban J connectivity index is 4.79. The molecule has 0 aromatic rings. The predicted octanol–water partition coefficient (Wildman–Crippen LogP) is -4.24. The van der Waals surface area contributed by atoms with Crippen LogP contribution in [0.5, 0.6) is 0 Å². The molecule has 0 fully saturated rings. The summed E-state index contributed by atoms with van der Waals surface area (Å²) in [6, 6.07) is -4.26. The number of aliphatic carboxylic acids is 2. The van der Waals surface area contributed by atoms with Crippen LogP contribution in [0.25, 0.3) is 0 Å². The van der Waals surface area contributed by atoms with Crippen LogP contribution in [0.3, 0.4) is 0 Å². The topological polar surface area (TPSA) is 231 Å². The fourth-order valence-corrected chi connectivity index (χ4v) is 1.94. The quantitative estimate of drug-likeness (QED) is 0.146. The van der Waals surface area contributed by atoms with E-state index >= 15 is 0 Å². The number of carboxylic acid groups (broad SMARTS) is 2. The van der Waals surface area contributed by atoms with Gasteiger partial charge in [0.2, 0.25) is 23.6 Å². The number of thiol groups is 1. The number of carbonyl (C=O) groups is 6. The van der Waals surface area contributed by atoms with E-state index in [4.69, 9.17) is 21.7 Å². The molecule has 0 saturated heterocycles. The number of amides is 4. The normalized spacial score (nSPS) is 13.6. The van der Waals surface area contributed by atoms with E-state index in [-0.39, 0.29) is 5.75 Å². The molecule has 3 unspecified atom stereocenters. The average Bonchev–Trinajstić information content (AvgIpc) is 2.55. The summed E-state index contributed by atoms with van der Waals surface area (Å²) in [6.07, 6.45) is -1.27. The third-order valence-electron chi connectivity index (χ3n) is 3.01. The van der Waals surface area contributed by atoms with Crippen molar-refractivity contribution in [1.29, 1.82) is 0 Å². The molecule has 13 nitrogen and oxygen atoms in total. The molecule has 0 rings (SSSR count). The first-order valence-corrected chi connectivity index (χ1v) is 8.07. The zero-order valence-electron chi connectivity index (χ0n) is 14.0. The summed E-state index contributed by atoms with van der Waals surface area (Å²) in [5.74, 6) is -6.75. The van der Waals surface area contributed by atoms with Crippen molar-refractivity contribution in [3.63, 3.8) is 0 Å². The van der Waals surface area contributed by atoms with Crippen LogP contribution in [-0.2, 0) is 28.8 Å². The minimum Gasteiger partial charge on any atom is -0.481 e. The van der Waals surface area contributed by atoms with Crippen LogP contribution in [0.2, 0.25) is 0 Å². The standard InChI is InChI=1S/C13H21N5O8S/c14-5(1-8(15)19)11(23)16-3-9(20)17-6(2-10(21)22)12(24)18-7(4-27)13(25)26/h5-7,27H,1-4,14H2,(H2,15,19)(H,16,23)(H,17,20)(H,18,24)(H,21,22)(H,25,26). The molecule has 14 heteroatoms. The van der Waals surface area contributed by atoms with E-state index in [0.29, 0.717) is 0 Å². The molecule has 3 atom stereocenters. The highest BCUT2D eigenvalue weighted by atomic mass is 32.1. The highest BCUT2D eigenvalue weighted by molar-refractivity contribution is 7.80. The second kappa shape index (κ2) is 11.7. The fourth-order valence-electron chi connectivity index (χ4n) is 1.69. The SMILES string of the molecule is NC(=O)CC(N)C(=O)NCC(=O)NC(CC(=O)O)C(=O)NC(CS)C(=O)O. The number of rotatable bonds is 12. The highest BCUT2D eigenvalue weighted by Crippen LogP contribution is 1.97. The number of nitrogens with one attached hydrogen (secondary N) is 3. The molecule has 0 spiro atoms. The molecule has 0 radical (unpaired) electrons. The highest BCUT2D eigenvalue weighted by Gasteiger charge is 2.28. The van der Waals surface area contributed by atoms with Crippen molar-refractivity contribution < 1.29 is 39.0 Å². The lowest BCUT2D eigenvalue weighted by Crippen LogP contribution is -2.54. The molecule has 0 aromatic carbocycles. The summed E-state index contributed by atoms with van der Waals surface area (Å²) in [6.45, 7) is -0.663. The molecule has 0 saturated carbocycles. The summed E-state index contributed by atoms with van der Waals surface area (Å²) >= 11 is 3.74. The maximum absolute atomic E-state index is 12.0. The van der Waals surface area contributed by atoms with E-state index in [1.54, 1.807) is 0 Å². The molecule has 0 aromatic heterocycles. The zero-order valence-corrected chi connectivity index (χ0v) is 14.9. The van der Waals surface area contributed by atoms with Gasteiger partial charge in [-0.05, 0) is 0 Å². The molecule has 27 heavy (non-hydrogen) atoms. The molecule has 0 aliphatic heterocycles. The van der Waals surface area contributed by atoms with Gasteiger partial charge in [-0.1, -0.05) is 0 Å². The Morgan fingerprint density at radius 2 is 1.52 bits per heavy atom. The molecule has 4 amide bonds. The van der Waals surface area contributed by atoms with Crippen molar-refractivity contribution >= 4 is 48.2 Å². The van der Waals surface area contributed by atoms with Crippen molar-refractivity contribution in [1.82, 2.24) is 16.0 Å². The van der Waals surface area contributed by atoms with Crippen LogP contribution in [0.1, 0.15) is 12.8 Å². The molecule has 0 aliphatic rings. The Morgan fingerprint density at radius 1 is 0.926 bits per heavy atom. The Hall–Kier alpha value is -2.87. The van der Waals surface area contributed by atoms with E-state index in [0.717, 1.165) is 0 Å². The molecular weight excluding hydrogens is 386 g/mol. The summed E-state index contributed by atoms with van der Waals surface area (Å²) in [7, 11) is 0. The van der Waals surface area contributed by atoms with Crippen LogP contribution >= 0.6 is 12.6 Å². The van der Waals surface area contributed by atoms with Crippen LogP contribution in [0, 0.1) is 0 Å². The lowest BCUT2D eigenvalue weighted by Gasteiger charge is -2.19. The van der Waals surface area contributed by atoms with Gasteiger partial charge in [0.1, 0.15) is 12.1 Å². The number of carboxylic acids is 2. The summed E-state index contributed by atoms with van der Waals surface area (Å²) < 4.78 is 0. The fraction of sp³-hybridized carbons (Fsp3) is 0.538. The molecule has 0 bridgehead atoms. The monoisotopic (exact) mass is 407 g/mol. The largest absolute Gasteiger partial charge is 0.481 e. The Bertz CT molecular complexity index is 614. The first kappa shape index (κ1) is 24.1. The number of nitrogens with two attached hydrogens (primary N) is 2. The number of carbonyl (C=O) groups excluding carboxylic acids is 4. The Kier molecular flexibility index (Phi) is 10.4. The Labute approximate surface area is 158 Å². The number of hydrogen-bond donors (Lipinski definition) is 8. The van der Waals surface area contributed by atoms with Gasteiger partial charge >= 0.3 is 11.9 Å². The van der Waals surface area contributed by atoms with Crippen LogP contribution in [-0.4, -0.2) is 76.2 Å². The van der Waals surface area contributed by atoms with Crippen LogP contribution in [0.4, 0.5) is 0 Å². The van der Waals surface area contributed by atoms with Crippen molar-refractivity contribution in [2.75, 3.05) is 12.3 Å².